The molecular weight excluding hydrogens is 573 g/mol. The van der Waals surface area contributed by atoms with E-state index in [9.17, 15) is 32.7 Å². The van der Waals surface area contributed by atoms with Crippen molar-refractivity contribution in [3.05, 3.63) is 62.5 Å². The number of carbonyl (C=O) groups is 2. The first kappa shape index (κ1) is 28.2. The average molecular weight is 603 g/mol. The van der Waals surface area contributed by atoms with Gasteiger partial charge in [0.2, 0.25) is 11.3 Å². The molecule has 1 spiro atoms. The molecule has 1 aliphatic carbocycles. The monoisotopic (exact) mass is 602 g/mol. The van der Waals surface area contributed by atoms with Crippen molar-refractivity contribution in [3.8, 4) is 16.3 Å². The van der Waals surface area contributed by atoms with Gasteiger partial charge in [-0.1, -0.05) is 17.4 Å². The number of aromatic hydroxyl groups is 1. The van der Waals surface area contributed by atoms with Crippen LogP contribution in [0.3, 0.4) is 0 Å². The van der Waals surface area contributed by atoms with Gasteiger partial charge in [-0.05, 0) is 44.2 Å². The lowest BCUT2D eigenvalue weighted by atomic mass is 9.78. The molecular formula is C28H29F3N6O4S. The molecule has 0 bridgehead atoms. The van der Waals surface area contributed by atoms with Crippen LogP contribution in [0, 0.1) is 17.6 Å². The van der Waals surface area contributed by atoms with E-state index in [2.05, 4.69) is 10.2 Å². The van der Waals surface area contributed by atoms with Gasteiger partial charge in [0.1, 0.15) is 28.0 Å². The van der Waals surface area contributed by atoms with Crippen molar-refractivity contribution in [1.29, 1.82) is 0 Å². The molecule has 0 radical (unpaired) electrons. The van der Waals surface area contributed by atoms with Crippen molar-refractivity contribution in [2.45, 2.75) is 50.4 Å². The summed E-state index contributed by atoms with van der Waals surface area (Å²) in [5.41, 5.74) is -2.97. The summed E-state index contributed by atoms with van der Waals surface area (Å²) in [5, 5.41) is 21.4. The Labute approximate surface area is 243 Å². The molecule has 6 rings (SSSR count). The summed E-state index contributed by atoms with van der Waals surface area (Å²) < 4.78 is 42.9. The number of rotatable bonds is 4. The van der Waals surface area contributed by atoms with Crippen LogP contribution >= 0.6 is 11.3 Å². The van der Waals surface area contributed by atoms with Crippen LogP contribution in [0.1, 0.15) is 53.7 Å². The summed E-state index contributed by atoms with van der Waals surface area (Å²) >= 11 is 1.02. The van der Waals surface area contributed by atoms with Crippen LogP contribution in [0.2, 0.25) is 0 Å². The van der Waals surface area contributed by atoms with Gasteiger partial charge in [-0.25, -0.2) is 13.2 Å². The van der Waals surface area contributed by atoms with Gasteiger partial charge in [-0.2, -0.15) is 0 Å². The number of likely N-dealkylation sites (tertiary alicyclic amines) is 1. The number of hydrogen-bond donors (Lipinski definition) is 1. The summed E-state index contributed by atoms with van der Waals surface area (Å²) in [5.74, 6) is -3.06. The first-order valence-corrected chi connectivity index (χ1v) is 14.4. The maximum absolute atomic E-state index is 14.2. The maximum atomic E-state index is 14.2. The minimum Gasteiger partial charge on any atom is -0.502 e. The topological polar surface area (TPSA) is 112 Å². The molecule has 10 nitrogen and oxygen atoms in total. The zero-order valence-corrected chi connectivity index (χ0v) is 24.1. The Kier molecular flexibility index (Phi) is 6.59. The Balaban J connectivity index is 1.28. The molecule has 3 aliphatic rings. The fourth-order valence-electron chi connectivity index (χ4n) is 6.35. The molecule has 222 valence electrons. The van der Waals surface area contributed by atoms with Crippen molar-refractivity contribution in [3.63, 3.8) is 0 Å². The quantitative estimate of drug-likeness (QED) is 0.489. The Bertz CT molecular complexity index is 1660. The number of hydrogen-bond acceptors (Lipinski definition) is 8. The second-order valence-electron chi connectivity index (χ2n) is 11.6. The first-order valence-electron chi connectivity index (χ1n) is 13.6. The van der Waals surface area contributed by atoms with Gasteiger partial charge in [0.05, 0.1) is 18.7 Å². The number of pyridine rings is 1. The summed E-state index contributed by atoms with van der Waals surface area (Å²) in [4.78, 5) is 42.7. The number of alkyl halides is 1. The highest BCUT2D eigenvalue weighted by atomic mass is 32.1. The first-order chi connectivity index (χ1) is 19.8. The summed E-state index contributed by atoms with van der Waals surface area (Å²) in [6.07, 6.45) is 3.30. The van der Waals surface area contributed by atoms with E-state index in [0.29, 0.717) is 30.7 Å². The fourth-order valence-corrected chi connectivity index (χ4v) is 7.22. The molecule has 1 saturated heterocycles. The van der Waals surface area contributed by atoms with Gasteiger partial charge in [0.15, 0.2) is 16.5 Å². The summed E-state index contributed by atoms with van der Waals surface area (Å²) in [7, 11) is 3.35. The van der Waals surface area contributed by atoms with Crippen molar-refractivity contribution in [2.75, 3.05) is 32.2 Å². The van der Waals surface area contributed by atoms with Crippen LogP contribution in [0.25, 0.3) is 10.6 Å². The average Bonchev–Trinajstić information content (AvgIpc) is 3.40. The minimum atomic E-state index is -1.35. The van der Waals surface area contributed by atoms with Gasteiger partial charge in [-0.3, -0.25) is 24.1 Å². The van der Waals surface area contributed by atoms with E-state index in [1.54, 1.807) is 19.1 Å². The third-order valence-electron chi connectivity index (χ3n) is 8.76. The molecule has 3 aromatic rings. The molecule has 0 atom stereocenters. The van der Waals surface area contributed by atoms with Crippen LogP contribution in [-0.2, 0) is 11.2 Å². The molecule has 2 aliphatic heterocycles. The lowest BCUT2D eigenvalue weighted by molar-refractivity contribution is -0.150. The number of amides is 2. The van der Waals surface area contributed by atoms with E-state index in [4.69, 9.17) is 0 Å². The standard InChI is InChI=1S/C28H29F3N6O4S/c1-27(31)13-36(14-27)25(40)15-6-8-28(9-7-15)34(2)26(41)21-23(39)22(38)18(12-37(21)35(28)3)24-33-32-20(42-24)10-16-4-5-17(29)11-19(16)30/h4-5,11-12,15,39H,6-10,13-14H2,1-3H3. The van der Waals surface area contributed by atoms with Gasteiger partial charge >= 0.3 is 0 Å². The van der Waals surface area contributed by atoms with Gasteiger partial charge in [0.25, 0.3) is 5.91 Å². The van der Waals surface area contributed by atoms with E-state index in [1.807, 2.05) is 0 Å². The molecule has 42 heavy (non-hydrogen) atoms. The summed E-state index contributed by atoms with van der Waals surface area (Å²) in [6, 6.07) is 3.23. The number of carbonyl (C=O) groups excluding carboxylic acids is 2. The third kappa shape index (κ3) is 4.43. The highest BCUT2D eigenvalue weighted by Crippen LogP contribution is 2.43. The number of aromatic nitrogens is 3. The van der Waals surface area contributed by atoms with Crippen molar-refractivity contribution in [2.24, 2.45) is 5.92 Å². The van der Waals surface area contributed by atoms with Gasteiger partial charge in [0, 0.05) is 38.7 Å². The van der Waals surface area contributed by atoms with Crippen molar-refractivity contribution < 1.29 is 27.9 Å². The fraction of sp³-hybridized carbons (Fsp3) is 0.464. The Morgan fingerprint density at radius 2 is 1.83 bits per heavy atom. The van der Waals surface area contributed by atoms with Crippen molar-refractivity contribution >= 4 is 23.2 Å². The van der Waals surface area contributed by atoms with E-state index in [-0.39, 0.29) is 53.2 Å². The zero-order valence-electron chi connectivity index (χ0n) is 23.2. The van der Waals surface area contributed by atoms with Crippen LogP contribution < -0.4 is 10.4 Å². The Morgan fingerprint density at radius 3 is 2.48 bits per heavy atom. The second-order valence-corrected chi connectivity index (χ2v) is 12.6. The van der Waals surface area contributed by atoms with Crippen LogP contribution in [0.5, 0.6) is 5.75 Å². The smallest absolute Gasteiger partial charge is 0.278 e. The van der Waals surface area contributed by atoms with Crippen LogP contribution in [0.4, 0.5) is 13.2 Å². The molecule has 1 saturated carbocycles. The highest BCUT2D eigenvalue weighted by molar-refractivity contribution is 7.14. The maximum Gasteiger partial charge on any atom is 0.278 e. The van der Waals surface area contributed by atoms with Gasteiger partial charge < -0.3 is 14.9 Å². The molecule has 4 heterocycles. The number of benzene rings is 1. The second kappa shape index (κ2) is 9.82. The molecule has 1 aromatic carbocycles. The predicted molar refractivity (Wildman–Crippen MR) is 147 cm³/mol. The molecule has 14 heteroatoms. The molecule has 0 unspecified atom stereocenters. The third-order valence-corrected chi connectivity index (χ3v) is 9.72. The van der Waals surface area contributed by atoms with Crippen LogP contribution in [0.15, 0.2) is 29.2 Å². The highest BCUT2D eigenvalue weighted by Gasteiger charge is 2.52. The Morgan fingerprint density at radius 1 is 1.14 bits per heavy atom. The number of halogens is 3. The van der Waals surface area contributed by atoms with E-state index in [1.165, 1.54) is 33.7 Å². The van der Waals surface area contributed by atoms with E-state index >= 15 is 0 Å². The van der Waals surface area contributed by atoms with Gasteiger partial charge in [-0.15, -0.1) is 10.2 Å². The predicted octanol–water partition coefficient (Wildman–Crippen LogP) is 3.05. The zero-order chi connectivity index (χ0) is 30.1. The Hall–Kier alpha value is -3.94. The molecule has 2 amide bonds. The number of fused-ring (bicyclic) bond motifs is 1. The van der Waals surface area contributed by atoms with E-state index in [0.717, 1.165) is 23.5 Å². The number of nitrogens with zero attached hydrogens (tertiary/aromatic N) is 6. The van der Waals surface area contributed by atoms with Crippen molar-refractivity contribution in [1.82, 2.24) is 24.7 Å². The lowest BCUT2D eigenvalue weighted by Crippen LogP contribution is -2.69. The SMILES string of the molecule is CN1C(=O)c2c(O)c(=O)c(-c3nnc(Cc4ccc(F)cc4F)s3)cn2N(C)C12CCC(C(=O)N1CC(C)(F)C1)CC2. The normalized spacial score (nSPS) is 23.2. The molecule has 2 fully saturated rings. The molecule has 2 aromatic heterocycles. The lowest BCUT2D eigenvalue weighted by Gasteiger charge is -2.56. The van der Waals surface area contributed by atoms with E-state index < -0.39 is 40.1 Å². The van der Waals surface area contributed by atoms with Crippen LogP contribution in [-0.4, -0.2) is 80.1 Å². The summed E-state index contributed by atoms with van der Waals surface area (Å²) in [6.45, 7) is 1.64. The largest absolute Gasteiger partial charge is 0.502 e. The minimum absolute atomic E-state index is 0.00912. The molecule has 1 N–H and O–H groups in total.